The van der Waals surface area contributed by atoms with Crippen LogP contribution in [0.1, 0.15) is 44.2 Å². The van der Waals surface area contributed by atoms with Gasteiger partial charge in [-0.05, 0) is 42.0 Å². The van der Waals surface area contributed by atoms with E-state index < -0.39 is 6.04 Å². The summed E-state index contributed by atoms with van der Waals surface area (Å²) in [7, 11) is 3.23. The van der Waals surface area contributed by atoms with Gasteiger partial charge in [-0.15, -0.1) is 0 Å². The Morgan fingerprint density at radius 2 is 1.86 bits per heavy atom. The molecule has 0 aromatic heterocycles. The number of amides is 2. The largest absolute Gasteiger partial charge is 0.493 e. The highest BCUT2D eigenvalue weighted by molar-refractivity contribution is 5.82. The van der Waals surface area contributed by atoms with Crippen molar-refractivity contribution in [3.63, 3.8) is 0 Å². The van der Waals surface area contributed by atoms with Crippen molar-refractivity contribution < 1.29 is 19.1 Å². The predicted octanol–water partition coefficient (Wildman–Crippen LogP) is 1.86. The molecule has 1 aromatic rings. The Morgan fingerprint density at radius 3 is 2.46 bits per heavy atom. The molecule has 0 spiro atoms. The van der Waals surface area contributed by atoms with Gasteiger partial charge in [0.25, 0.3) is 0 Å². The fraction of sp³-hybridized carbons (Fsp3) is 0.619. The quantitative estimate of drug-likeness (QED) is 0.627. The van der Waals surface area contributed by atoms with Gasteiger partial charge in [0.15, 0.2) is 11.5 Å². The number of carbonyl (C=O) groups is 2. The van der Waals surface area contributed by atoms with E-state index in [1.54, 1.807) is 14.2 Å². The predicted molar refractivity (Wildman–Crippen MR) is 108 cm³/mol. The molecule has 1 aliphatic rings. The molecule has 2 amide bonds. The minimum atomic E-state index is -0.494. The topological polar surface area (TPSA) is 93.9 Å². The average molecular weight is 392 g/mol. The molecule has 1 aromatic carbocycles. The van der Waals surface area contributed by atoms with Crippen molar-refractivity contribution in [3.8, 4) is 11.5 Å². The summed E-state index contributed by atoms with van der Waals surface area (Å²) in [6, 6.07) is 3.45. The van der Waals surface area contributed by atoms with Crippen LogP contribution in [0.2, 0.25) is 0 Å². The molecule has 0 radical (unpaired) electrons. The molecule has 7 heteroatoms. The van der Waals surface area contributed by atoms with Gasteiger partial charge in [0, 0.05) is 26.1 Å². The van der Waals surface area contributed by atoms with Crippen molar-refractivity contribution in [2.45, 2.75) is 52.1 Å². The minimum Gasteiger partial charge on any atom is -0.493 e. The third-order valence-electron chi connectivity index (χ3n) is 5.50. The van der Waals surface area contributed by atoms with Crippen LogP contribution < -0.4 is 20.5 Å². The second kappa shape index (κ2) is 10.3. The lowest BCUT2D eigenvalue weighted by atomic mass is 9.98. The number of fused-ring (bicyclic) bond motifs is 1. The SMILES string of the molecule is CCC(C)C(N)C(=O)NCCCC(=O)N1CCc2cc(OC)c(OC)cc2C1. The van der Waals surface area contributed by atoms with Crippen LogP contribution in [0.4, 0.5) is 0 Å². The number of methoxy groups -OCH3 is 2. The van der Waals surface area contributed by atoms with Crippen LogP contribution in [0.15, 0.2) is 12.1 Å². The van der Waals surface area contributed by atoms with Crippen molar-refractivity contribution in [2.24, 2.45) is 11.7 Å². The Labute approximate surface area is 167 Å². The van der Waals surface area contributed by atoms with Gasteiger partial charge in [-0.2, -0.15) is 0 Å². The fourth-order valence-corrected chi connectivity index (χ4v) is 3.34. The minimum absolute atomic E-state index is 0.0981. The summed E-state index contributed by atoms with van der Waals surface area (Å²) in [4.78, 5) is 26.4. The Balaban J connectivity index is 1.82. The molecule has 2 unspecified atom stereocenters. The number of nitrogens with zero attached hydrogens (tertiary/aromatic N) is 1. The zero-order chi connectivity index (χ0) is 20.7. The van der Waals surface area contributed by atoms with Crippen LogP contribution in [0, 0.1) is 5.92 Å². The van der Waals surface area contributed by atoms with Crippen molar-refractivity contribution in [1.82, 2.24) is 10.2 Å². The molecule has 2 rings (SSSR count). The van der Waals surface area contributed by atoms with Crippen LogP contribution in [0.3, 0.4) is 0 Å². The maximum Gasteiger partial charge on any atom is 0.237 e. The smallest absolute Gasteiger partial charge is 0.237 e. The molecular weight excluding hydrogens is 358 g/mol. The van der Waals surface area contributed by atoms with Crippen LogP contribution in [-0.4, -0.2) is 50.1 Å². The van der Waals surface area contributed by atoms with E-state index in [1.807, 2.05) is 30.9 Å². The Bertz CT molecular complexity index is 692. The first-order valence-corrected chi connectivity index (χ1v) is 9.96. The van der Waals surface area contributed by atoms with Gasteiger partial charge in [-0.1, -0.05) is 20.3 Å². The van der Waals surface area contributed by atoms with Gasteiger partial charge in [-0.3, -0.25) is 9.59 Å². The third-order valence-corrected chi connectivity index (χ3v) is 5.50. The zero-order valence-corrected chi connectivity index (χ0v) is 17.4. The molecule has 0 bridgehead atoms. The third kappa shape index (κ3) is 5.38. The van der Waals surface area contributed by atoms with E-state index in [9.17, 15) is 9.59 Å². The number of benzene rings is 1. The standard InChI is InChI=1S/C21H33N3O4/c1-5-14(2)20(22)21(26)23-9-6-7-19(25)24-10-8-15-11-17(27-3)18(28-4)12-16(15)13-24/h11-12,14,20H,5-10,13,22H2,1-4H3,(H,23,26). The van der Waals surface area contributed by atoms with Crippen LogP contribution in [0.5, 0.6) is 11.5 Å². The van der Waals surface area contributed by atoms with Crippen LogP contribution in [0.25, 0.3) is 0 Å². The maximum absolute atomic E-state index is 12.6. The lowest BCUT2D eigenvalue weighted by Crippen LogP contribution is -2.45. The molecule has 3 N–H and O–H groups in total. The highest BCUT2D eigenvalue weighted by Gasteiger charge is 2.23. The van der Waals surface area contributed by atoms with Crippen molar-refractivity contribution in [2.75, 3.05) is 27.3 Å². The molecule has 0 saturated heterocycles. The molecule has 0 fully saturated rings. The average Bonchev–Trinajstić information content (AvgIpc) is 2.73. The summed E-state index contributed by atoms with van der Waals surface area (Å²) in [5.74, 6) is 1.49. The highest BCUT2D eigenvalue weighted by Crippen LogP contribution is 2.33. The van der Waals surface area contributed by atoms with Crippen molar-refractivity contribution >= 4 is 11.8 Å². The van der Waals surface area contributed by atoms with E-state index in [0.717, 1.165) is 18.4 Å². The number of nitrogens with two attached hydrogens (primary N) is 1. The summed E-state index contributed by atoms with van der Waals surface area (Å²) in [5.41, 5.74) is 8.19. The number of rotatable bonds is 9. The Hall–Kier alpha value is -2.28. The van der Waals surface area contributed by atoms with Gasteiger partial charge in [0.05, 0.1) is 20.3 Å². The van der Waals surface area contributed by atoms with Gasteiger partial charge in [0.2, 0.25) is 11.8 Å². The molecule has 0 saturated carbocycles. The van der Waals surface area contributed by atoms with E-state index in [1.165, 1.54) is 5.56 Å². The summed E-state index contributed by atoms with van der Waals surface area (Å²) in [6.45, 7) is 5.70. The zero-order valence-electron chi connectivity index (χ0n) is 17.4. The van der Waals surface area contributed by atoms with E-state index >= 15 is 0 Å². The van der Waals surface area contributed by atoms with Gasteiger partial charge < -0.3 is 25.4 Å². The maximum atomic E-state index is 12.6. The van der Waals surface area contributed by atoms with E-state index in [0.29, 0.717) is 44.0 Å². The Kier molecular flexibility index (Phi) is 8.11. The summed E-state index contributed by atoms with van der Waals surface area (Å²) in [5, 5.41) is 2.83. The molecular formula is C21H33N3O4. The first kappa shape index (κ1) is 22.0. The first-order valence-electron chi connectivity index (χ1n) is 9.96. The second-order valence-corrected chi connectivity index (χ2v) is 7.35. The Morgan fingerprint density at radius 1 is 1.21 bits per heavy atom. The molecule has 1 aliphatic heterocycles. The van der Waals surface area contributed by atoms with Crippen molar-refractivity contribution in [1.29, 1.82) is 0 Å². The second-order valence-electron chi connectivity index (χ2n) is 7.35. The van der Waals surface area contributed by atoms with E-state index in [4.69, 9.17) is 15.2 Å². The number of ether oxygens (including phenoxy) is 2. The van der Waals surface area contributed by atoms with Gasteiger partial charge in [-0.25, -0.2) is 0 Å². The number of nitrogens with one attached hydrogen (secondary N) is 1. The summed E-state index contributed by atoms with van der Waals surface area (Å²) in [6.07, 6.45) is 2.66. The lowest BCUT2D eigenvalue weighted by molar-refractivity contribution is -0.132. The molecule has 2 atom stereocenters. The van der Waals surface area contributed by atoms with E-state index in [2.05, 4.69) is 5.32 Å². The first-order chi connectivity index (χ1) is 13.4. The molecule has 0 aliphatic carbocycles. The number of hydrogen-bond acceptors (Lipinski definition) is 5. The highest BCUT2D eigenvalue weighted by atomic mass is 16.5. The molecule has 28 heavy (non-hydrogen) atoms. The molecule has 1 heterocycles. The van der Waals surface area contributed by atoms with Gasteiger partial charge in [0.1, 0.15) is 0 Å². The molecule has 156 valence electrons. The van der Waals surface area contributed by atoms with E-state index in [-0.39, 0.29) is 17.7 Å². The number of carbonyl (C=O) groups excluding carboxylic acids is 2. The van der Waals surface area contributed by atoms with Crippen LogP contribution in [-0.2, 0) is 22.6 Å². The lowest BCUT2D eigenvalue weighted by Gasteiger charge is -2.29. The summed E-state index contributed by atoms with van der Waals surface area (Å²) < 4.78 is 10.7. The van der Waals surface area contributed by atoms with Gasteiger partial charge >= 0.3 is 0 Å². The normalized spacial score (nSPS) is 15.4. The van der Waals surface area contributed by atoms with Crippen LogP contribution >= 0.6 is 0 Å². The molecule has 7 nitrogen and oxygen atoms in total. The monoisotopic (exact) mass is 391 g/mol. The number of hydrogen-bond donors (Lipinski definition) is 2. The van der Waals surface area contributed by atoms with Crippen molar-refractivity contribution in [3.05, 3.63) is 23.3 Å². The fourth-order valence-electron chi connectivity index (χ4n) is 3.34. The summed E-state index contributed by atoms with van der Waals surface area (Å²) >= 11 is 0.